The van der Waals surface area contributed by atoms with Crippen LogP contribution in [0.25, 0.3) is 0 Å². The van der Waals surface area contributed by atoms with Crippen molar-refractivity contribution < 1.29 is 4.74 Å². The van der Waals surface area contributed by atoms with Crippen LogP contribution >= 0.6 is 35.6 Å². The maximum Gasteiger partial charge on any atom is 0.118 e. The third-order valence-electron chi connectivity index (χ3n) is 3.96. The highest BCUT2D eigenvalue weighted by atomic mass is 35.5. The SMILES string of the molecule is COc1ccc(CC(c2ccccc2)N(CCCl)CCCl)cc1.Cl. The molecule has 1 unspecified atom stereocenters. The van der Waals surface area contributed by atoms with Crippen molar-refractivity contribution in [3.05, 3.63) is 65.7 Å². The summed E-state index contributed by atoms with van der Waals surface area (Å²) in [7, 11) is 1.68. The van der Waals surface area contributed by atoms with Gasteiger partial charge in [0.15, 0.2) is 0 Å². The van der Waals surface area contributed by atoms with Crippen molar-refractivity contribution in [3.8, 4) is 5.75 Å². The van der Waals surface area contributed by atoms with Gasteiger partial charge in [0.05, 0.1) is 7.11 Å². The average molecular weight is 389 g/mol. The zero-order valence-electron chi connectivity index (χ0n) is 13.8. The molecular formula is C19H24Cl3NO. The Labute approximate surface area is 161 Å². The lowest BCUT2D eigenvalue weighted by atomic mass is 9.97. The van der Waals surface area contributed by atoms with E-state index in [4.69, 9.17) is 27.9 Å². The molecule has 0 saturated heterocycles. The molecule has 1 atom stereocenters. The van der Waals surface area contributed by atoms with Gasteiger partial charge in [-0.25, -0.2) is 0 Å². The van der Waals surface area contributed by atoms with Gasteiger partial charge < -0.3 is 4.74 Å². The van der Waals surface area contributed by atoms with Crippen LogP contribution in [0.15, 0.2) is 54.6 Å². The number of ether oxygens (including phenoxy) is 1. The first-order valence-corrected chi connectivity index (χ1v) is 8.89. The van der Waals surface area contributed by atoms with Crippen molar-refractivity contribution >= 4 is 35.6 Å². The zero-order chi connectivity index (χ0) is 16.5. The summed E-state index contributed by atoms with van der Waals surface area (Å²) in [5.41, 5.74) is 2.56. The van der Waals surface area contributed by atoms with E-state index in [9.17, 15) is 0 Å². The first-order valence-electron chi connectivity index (χ1n) is 7.82. The number of alkyl halides is 2. The molecule has 0 bridgehead atoms. The molecule has 0 aromatic heterocycles. The Kier molecular flexibility index (Phi) is 10.2. The molecule has 0 saturated carbocycles. The van der Waals surface area contributed by atoms with E-state index < -0.39 is 0 Å². The van der Waals surface area contributed by atoms with Crippen LogP contribution in [0, 0.1) is 0 Å². The van der Waals surface area contributed by atoms with E-state index in [-0.39, 0.29) is 18.4 Å². The van der Waals surface area contributed by atoms with Crippen LogP contribution in [0.3, 0.4) is 0 Å². The number of benzene rings is 2. The number of methoxy groups -OCH3 is 1. The largest absolute Gasteiger partial charge is 0.497 e. The van der Waals surface area contributed by atoms with Crippen molar-refractivity contribution in [1.82, 2.24) is 4.90 Å². The summed E-state index contributed by atoms with van der Waals surface area (Å²) >= 11 is 12.0. The second kappa shape index (κ2) is 11.6. The number of hydrogen-bond acceptors (Lipinski definition) is 2. The van der Waals surface area contributed by atoms with Crippen LogP contribution in [0.5, 0.6) is 5.75 Å². The van der Waals surface area contributed by atoms with E-state index in [1.54, 1.807) is 7.11 Å². The van der Waals surface area contributed by atoms with Crippen molar-refractivity contribution in [2.75, 3.05) is 32.0 Å². The summed E-state index contributed by atoms with van der Waals surface area (Å²) in [5.74, 6) is 2.08. The maximum atomic E-state index is 6.00. The molecule has 0 N–H and O–H groups in total. The van der Waals surface area contributed by atoms with Gasteiger partial charge in [0.25, 0.3) is 0 Å². The molecule has 132 valence electrons. The van der Waals surface area contributed by atoms with Crippen LogP contribution in [-0.2, 0) is 6.42 Å². The normalized spacial score (nSPS) is 11.8. The molecule has 0 aliphatic rings. The molecule has 0 aliphatic heterocycles. The average Bonchev–Trinajstić information content (AvgIpc) is 2.61. The lowest BCUT2D eigenvalue weighted by molar-refractivity contribution is 0.220. The monoisotopic (exact) mass is 387 g/mol. The molecule has 0 spiro atoms. The van der Waals surface area contributed by atoms with Gasteiger partial charge in [-0.2, -0.15) is 0 Å². The Bertz CT molecular complexity index is 557. The molecule has 2 aromatic rings. The van der Waals surface area contributed by atoms with Crippen LogP contribution < -0.4 is 4.74 Å². The third kappa shape index (κ3) is 6.18. The second-order valence-corrected chi connectivity index (χ2v) is 6.15. The molecule has 2 rings (SSSR count). The Morgan fingerprint density at radius 1 is 0.917 bits per heavy atom. The van der Waals surface area contributed by atoms with E-state index >= 15 is 0 Å². The minimum atomic E-state index is 0. The lowest BCUT2D eigenvalue weighted by Crippen LogP contribution is -2.33. The highest BCUT2D eigenvalue weighted by molar-refractivity contribution is 6.18. The summed E-state index contributed by atoms with van der Waals surface area (Å²) in [6.45, 7) is 1.65. The van der Waals surface area contributed by atoms with Gasteiger partial charge in [-0.05, 0) is 29.7 Å². The molecule has 0 fully saturated rings. The van der Waals surface area contributed by atoms with E-state index in [1.807, 2.05) is 18.2 Å². The number of hydrogen-bond donors (Lipinski definition) is 0. The molecule has 2 nitrogen and oxygen atoms in total. The van der Waals surface area contributed by atoms with Gasteiger partial charge in [0.2, 0.25) is 0 Å². The van der Waals surface area contributed by atoms with Crippen LogP contribution in [0.1, 0.15) is 17.2 Å². The van der Waals surface area contributed by atoms with Gasteiger partial charge in [-0.3, -0.25) is 4.90 Å². The highest BCUT2D eigenvalue weighted by Gasteiger charge is 2.20. The van der Waals surface area contributed by atoms with Crippen LogP contribution in [-0.4, -0.2) is 36.9 Å². The molecule has 0 heterocycles. The Morgan fingerprint density at radius 2 is 1.50 bits per heavy atom. The van der Waals surface area contributed by atoms with Crippen molar-refractivity contribution in [1.29, 1.82) is 0 Å². The summed E-state index contributed by atoms with van der Waals surface area (Å²) in [4.78, 5) is 2.36. The second-order valence-electron chi connectivity index (χ2n) is 5.39. The number of nitrogens with zero attached hydrogens (tertiary/aromatic N) is 1. The smallest absolute Gasteiger partial charge is 0.118 e. The van der Waals surface area contributed by atoms with Crippen LogP contribution in [0.2, 0.25) is 0 Å². The summed E-state index contributed by atoms with van der Waals surface area (Å²) in [5, 5.41) is 0. The standard InChI is InChI=1S/C19H23Cl2NO.ClH/c1-23-18-9-7-16(8-10-18)15-19(17-5-3-2-4-6-17)22(13-11-20)14-12-21;/h2-10,19H,11-15H2,1H3;1H. The molecule has 24 heavy (non-hydrogen) atoms. The van der Waals surface area contributed by atoms with E-state index in [2.05, 4.69) is 41.3 Å². The Balaban J connectivity index is 0.00000288. The zero-order valence-corrected chi connectivity index (χ0v) is 16.2. The molecular weight excluding hydrogens is 365 g/mol. The predicted octanol–water partition coefficient (Wildman–Crippen LogP) is 5.18. The van der Waals surface area contributed by atoms with Crippen molar-refractivity contribution in [2.24, 2.45) is 0 Å². The fourth-order valence-electron chi connectivity index (χ4n) is 2.76. The van der Waals surface area contributed by atoms with Gasteiger partial charge in [-0.1, -0.05) is 42.5 Å². The quantitative estimate of drug-likeness (QED) is 0.549. The van der Waals surface area contributed by atoms with Crippen molar-refractivity contribution in [2.45, 2.75) is 12.5 Å². The fraction of sp³-hybridized carbons (Fsp3) is 0.368. The van der Waals surface area contributed by atoms with E-state index in [1.165, 1.54) is 11.1 Å². The van der Waals surface area contributed by atoms with E-state index in [0.717, 1.165) is 25.3 Å². The predicted molar refractivity (Wildman–Crippen MR) is 106 cm³/mol. The molecule has 0 amide bonds. The Hall–Kier alpha value is -0.930. The summed E-state index contributed by atoms with van der Waals surface area (Å²) < 4.78 is 5.24. The topological polar surface area (TPSA) is 12.5 Å². The first-order chi connectivity index (χ1) is 11.3. The molecule has 2 aromatic carbocycles. The first kappa shape index (κ1) is 21.1. The van der Waals surface area contributed by atoms with Crippen molar-refractivity contribution in [3.63, 3.8) is 0 Å². The van der Waals surface area contributed by atoms with Crippen LogP contribution in [0.4, 0.5) is 0 Å². The highest BCUT2D eigenvalue weighted by Crippen LogP contribution is 2.26. The lowest BCUT2D eigenvalue weighted by Gasteiger charge is -2.31. The minimum Gasteiger partial charge on any atom is -0.497 e. The molecule has 5 heteroatoms. The van der Waals surface area contributed by atoms with Gasteiger partial charge in [-0.15, -0.1) is 35.6 Å². The maximum absolute atomic E-state index is 6.00. The van der Waals surface area contributed by atoms with Gasteiger partial charge in [0.1, 0.15) is 5.75 Å². The summed E-state index contributed by atoms with van der Waals surface area (Å²) in [6.07, 6.45) is 0.918. The number of halogens is 3. The molecule has 0 radical (unpaired) electrons. The number of rotatable bonds is 9. The summed E-state index contributed by atoms with van der Waals surface area (Å²) in [6, 6.07) is 19.1. The van der Waals surface area contributed by atoms with E-state index in [0.29, 0.717) is 11.8 Å². The minimum absolute atomic E-state index is 0. The fourth-order valence-corrected chi connectivity index (χ4v) is 3.19. The van der Waals surface area contributed by atoms with Gasteiger partial charge >= 0.3 is 0 Å². The third-order valence-corrected chi connectivity index (χ3v) is 4.29. The van der Waals surface area contributed by atoms with Gasteiger partial charge in [0, 0.05) is 30.9 Å². The Morgan fingerprint density at radius 3 is 2.00 bits per heavy atom. The molecule has 0 aliphatic carbocycles.